The Bertz CT molecular complexity index is 1900. The number of aromatic hydroxyl groups is 1. The Kier molecular flexibility index (Phi) is 7.59. The number of nitrogens with zero attached hydrogens (tertiary/aromatic N) is 2. The summed E-state index contributed by atoms with van der Waals surface area (Å²) in [6.07, 6.45) is -8.18. The van der Waals surface area contributed by atoms with Gasteiger partial charge in [-0.25, -0.2) is 4.90 Å². The molecule has 5 aliphatic rings. The maximum Gasteiger partial charge on any atom is 0.416 e. The summed E-state index contributed by atoms with van der Waals surface area (Å²) in [6, 6.07) is 4.83. The number of anilines is 1. The number of halogens is 9. The average Bonchev–Trinajstić information content (AvgIpc) is 3.37. The summed E-state index contributed by atoms with van der Waals surface area (Å²) in [7, 11) is 0. The number of benzene rings is 2. The molecule has 6 atom stereocenters. The van der Waals surface area contributed by atoms with Crippen LogP contribution in [0.2, 0.25) is 0 Å². The van der Waals surface area contributed by atoms with E-state index in [1.54, 1.807) is 6.08 Å². The molecule has 0 aromatic heterocycles. The maximum atomic E-state index is 14.2. The van der Waals surface area contributed by atoms with E-state index in [0.29, 0.717) is 39.5 Å². The first-order valence-electron chi connectivity index (χ1n) is 14.7. The summed E-state index contributed by atoms with van der Waals surface area (Å²) in [4.78, 5) is 52.4. The number of amides is 4. The first-order chi connectivity index (χ1) is 22.8. The molecular weight excluding hydrogens is 773 g/mol. The molecule has 2 aliphatic carbocycles. The fourth-order valence-electron chi connectivity index (χ4n) is 7.89. The van der Waals surface area contributed by atoms with Crippen LogP contribution in [-0.2, 0) is 38.0 Å². The van der Waals surface area contributed by atoms with Crippen LogP contribution in [-0.4, -0.2) is 48.8 Å². The lowest BCUT2D eigenvalue weighted by atomic mass is 9.56. The number of carbonyl (C=O) groups is 4. The van der Waals surface area contributed by atoms with Gasteiger partial charge in [-0.05, 0) is 60.7 Å². The maximum absolute atomic E-state index is 14.2. The molecule has 0 bridgehead atoms. The second kappa shape index (κ2) is 11.0. The van der Waals surface area contributed by atoms with Crippen molar-refractivity contribution in [3.05, 3.63) is 76.6 Å². The van der Waals surface area contributed by atoms with Crippen molar-refractivity contribution in [1.29, 1.82) is 0 Å². The van der Waals surface area contributed by atoms with Crippen LogP contribution in [0.3, 0.4) is 0 Å². The Morgan fingerprint density at radius 3 is 2.18 bits per heavy atom. The van der Waals surface area contributed by atoms with Crippen LogP contribution in [0, 0.1) is 23.7 Å². The number of likely N-dealkylation sites (tertiary alicyclic amines) is 1. The molecule has 7 rings (SSSR count). The van der Waals surface area contributed by atoms with Gasteiger partial charge in [0.1, 0.15) is 11.5 Å². The second-order valence-corrected chi connectivity index (χ2v) is 14.3. The SMILES string of the molecule is O=C1C2CC=C3C(CC4(Cl)C(=O)N(CBr)C(=O)C4(Cl)C3C3=COc4ccc(O)cc4C3)C2C(=O)N1c1cc(C(F)(F)F)cc(C(F)(F)F)c1. The monoisotopic (exact) mass is 792 g/mol. The van der Waals surface area contributed by atoms with E-state index in [9.17, 15) is 50.6 Å². The molecule has 258 valence electrons. The van der Waals surface area contributed by atoms with Gasteiger partial charge in [0.25, 0.3) is 11.8 Å². The topological polar surface area (TPSA) is 104 Å². The minimum absolute atomic E-state index is 0.0488. The van der Waals surface area contributed by atoms with Gasteiger partial charge in [0, 0.05) is 17.9 Å². The summed E-state index contributed by atoms with van der Waals surface area (Å²) in [6.45, 7) is 0. The van der Waals surface area contributed by atoms with Crippen LogP contribution in [0.15, 0.2) is 59.9 Å². The molecule has 3 fully saturated rings. The number of rotatable bonds is 3. The molecule has 17 heteroatoms. The predicted molar refractivity (Wildman–Crippen MR) is 164 cm³/mol. The van der Waals surface area contributed by atoms with Gasteiger partial charge in [-0.15, -0.1) is 23.2 Å². The van der Waals surface area contributed by atoms with Crippen molar-refractivity contribution in [1.82, 2.24) is 4.90 Å². The van der Waals surface area contributed by atoms with Crippen molar-refractivity contribution in [2.75, 3.05) is 10.4 Å². The van der Waals surface area contributed by atoms with Crippen molar-refractivity contribution in [2.24, 2.45) is 23.7 Å². The van der Waals surface area contributed by atoms with Gasteiger partial charge in [-0.3, -0.25) is 24.1 Å². The first-order valence-corrected chi connectivity index (χ1v) is 16.6. The van der Waals surface area contributed by atoms with E-state index in [1.807, 2.05) is 0 Å². The lowest BCUT2D eigenvalue weighted by Gasteiger charge is -2.51. The number of phenolic OH excluding ortho intramolecular Hbond substituents is 1. The van der Waals surface area contributed by atoms with Crippen LogP contribution >= 0.6 is 39.1 Å². The fourth-order valence-corrected chi connectivity index (χ4v) is 9.33. The van der Waals surface area contributed by atoms with Gasteiger partial charge >= 0.3 is 12.4 Å². The Labute approximate surface area is 291 Å². The smallest absolute Gasteiger partial charge is 0.416 e. The summed E-state index contributed by atoms with van der Waals surface area (Å²) in [5.41, 5.74) is -3.45. The van der Waals surface area contributed by atoms with Gasteiger partial charge in [0.15, 0.2) is 9.75 Å². The molecule has 2 saturated heterocycles. The molecule has 49 heavy (non-hydrogen) atoms. The van der Waals surface area contributed by atoms with Gasteiger partial charge in [0.05, 0.1) is 40.4 Å². The number of imide groups is 2. The molecule has 2 aromatic rings. The third-order valence-corrected chi connectivity index (χ3v) is 11.9. The number of hydrogen-bond donors (Lipinski definition) is 1. The normalized spacial score (nSPS) is 31.1. The largest absolute Gasteiger partial charge is 0.508 e. The minimum atomic E-state index is -5.24. The number of carbonyl (C=O) groups excluding carboxylic acids is 4. The zero-order chi connectivity index (χ0) is 35.6. The standard InChI is InChI=1S/C32H21BrCl2F6N2O6/c33-12-42-27(47)29(34)10-21-19(24(30(29,35)28(42)48)14-5-13-6-18(44)1-4-22(13)49-11-14)2-3-20-23(21)26(46)43(25(20)45)17-8-15(31(36,37)38)7-16(9-17)32(39,40)41/h1-2,4,6-9,11,20-21,23-24,44H,3,5,10,12H2. The van der Waals surface area contributed by atoms with Gasteiger partial charge in [-0.2, -0.15) is 26.3 Å². The quantitative estimate of drug-likeness (QED) is 0.122. The predicted octanol–water partition coefficient (Wildman–Crippen LogP) is 6.70. The molecule has 2 aromatic carbocycles. The molecule has 1 saturated carbocycles. The summed E-state index contributed by atoms with van der Waals surface area (Å²) < 4.78 is 88.1. The van der Waals surface area contributed by atoms with Crippen LogP contribution in [0.5, 0.6) is 11.5 Å². The van der Waals surface area contributed by atoms with Gasteiger partial charge < -0.3 is 9.84 Å². The van der Waals surface area contributed by atoms with E-state index in [0.717, 1.165) is 4.90 Å². The number of hydrogen-bond acceptors (Lipinski definition) is 6. The molecule has 6 unspecified atom stereocenters. The third-order valence-electron chi connectivity index (χ3n) is 9.99. The van der Waals surface area contributed by atoms with E-state index < -0.39 is 92.6 Å². The van der Waals surface area contributed by atoms with Crippen LogP contribution in [0.1, 0.15) is 29.5 Å². The van der Waals surface area contributed by atoms with E-state index in [-0.39, 0.29) is 30.1 Å². The van der Waals surface area contributed by atoms with E-state index in [2.05, 4.69) is 15.9 Å². The second-order valence-electron chi connectivity index (χ2n) is 12.5. The van der Waals surface area contributed by atoms with Crippen LogP contribution in [0.4, 0.5) is 32.0 Å². The Morgan fingerprint density at radius 1 is 0.918 bits per heavy atom. The number of alkyl halides is 9. The molecule has 4 amide bonds. The van der Waals surface area contributed by atoms with Crippen molar-refractivity contribution in [3.8, 4) is 11.5 Å². The highest BCUT2D eigenvalue weighted by Crippen LogP contribution is 2.65. The van der Waals surface area contributed by atoms with E-state index in [4.69, 9.17) is 27.9 Å². The minimum Gasteiger partial charge on any atom is -0.508 e. The van der Waals surface area contributed by atoms with Gasteiger partial charge in [-0.1, -0.05) is 27.6 Å². The Hall–Kier alpha value is -3.56. The van der Waals surface area contributed by atoms with E-state index in [1.165, 1.54) is 24.5 Å². The third kappa shape index (κ3) is 4.78. The van der Waals surface area contributed by atoms with Crippen molar-refractivity contribution in [3.63, 3.8) is 0 Å². The summed E-state index contributed by atoms with van der Waals surface area (Å²) in [5, 5.41) is 10.1. The number of allylic oxidation sites excluding steroid dienone is 3. The Morgan fingerprint density at radius 2 is 1.57 bits per heavy atom. The molecule has 1 N–H and O–H groups in total. The zero-order valence-electron chi connectivity index (χ0n) is 24.5. The van der Waals surface area contributed by atoms with Crippen LogP contribution < -0.4 is 9.64 Å². The van der Waals surface area contributed by atoms with Crippen molar-refractivity contribution in [2.45, 2.75) is 41.4 Å². The summed E-state index contributed by atoms with van der Waals surface area (Å²) in [5.74, 6) is -8.49. The zero-order valence-corrected chi connectivity index (χ0v) is 27.6. The average molecular weight is 794 g/mol. The lowest BCUT2D eigenvalue weighted by molar-refractivity contribution is -0.143. The molecular formula is C32H21BrCl2F6N2O6. The highest BCUT2D eigenvalue weighted by atomic mass is 79.9. The molecule has 8 nitrogen and oxygen atoms in total. The molecule has 3 aliphatic heterocycles. The number of fused-ring (bicyclic) bond motifs is 5. The molecule has 0 spiro atoms. The first kappa shape index (κ1) is 33.9. The fraction of sp³-hybridized carbons (Fsp3) is 0.375. The van der Waals surface area contributed by atoms with Crippen molar-refractivity contribution >= 4 is 68.4 Å². The number of ether oxygens (including phenoxy) is 1. The van der Waals surface area contributed by atoms with Crippen LogP contribution in [0.25, 0.3) is 0 Å². The summed E-state index contributed by atoms with van der Waals surface area (Å²) >= 11 is 17.5. The number of phenols is 1. The van der Waals surface area contributed by atoms with Crippen molar-refractivity contribution < 1.29 is 55.4 Å². The molecule has 0 radical (unpaired) electrons. The molecule has 3 heterocycles. The lowest BCUT2D eigenvalue weighted by Crippen LogP contribution is -2.61. The highest BCUT2D eigenvalue weighted by molar-refractivity contribution is 9.09. The Balaban J connectivity index is 1.35. The van der Waals surface area contributed by atoms with Gasteiger partial charge in [0.2, 0.25) is 11.8 Å². The highest BCUT2D eigenvalue weighted by Gasteiger charge is 2.76. The van der Waals surface area contributed by atoms with E-state index >= 15 is 0 Å².